The van der Waals surface area contributed by atoms with Crippen LogP contribution in [0.3, 0.4) is 0 Å². The molecule has 2 amide bonds. The predicted molar refractivity (Wildman–Crippen MR) is 92.2 cm³/mol. The molecule has 4 rings (SSSR count). The number of aromatic nitrogens is 1. The summed E-state index contributed by atoms with van der Waals surface area (Å²) in [7, 11) is 0. The number of amides is 2. The first-order valence-corrected chi connectivity index (χ1v) is 7.73. The number of carbonyl (C=O) groups is 2. The van der Waals surface area contributed by atoms with Gasteiger partial charge in [0.05, 0.1) is 5.69 Å². The molecule has 118 valence electrons. The van der Waals surface area contributed by atoms with Gasteiger partial charge in [0, 0.05) is 20.9 Å². The summed E-state index contributed by atoms with van der Waals surface area (Å²) in [4.78, 5) is 41.8. The first kappa shape index (κ1) is 14.9. The van der Waals surface area contributed by atoms with Gasteiger partial charge in [-0.25, -0.2) is 4.90 Å². The summed E-state index contributed by atoms with van der Waals surface area (Å²) in [6.45, 7) is 0. The van der Waals surface area contributed by atoms with E-state index in [0.29, 0.717) is 21.2 Å². The molecule has 0 bridgehead atoms. The molecule has 1 aromatic heterocycles. The van der Waals surface area contributed by atoms with Gasteiger partial charge in [0.25, 0.3) is 11.8 Å². The molecule has 0 atom stereocenters. The number of nitrogens with zero attached hydrogens (tertiary/aromatic N) is 1. The molecule has 0 spiro atoms. The number of hydrogen-bond acceptors (Lipinski definition) is 3. The molecule has 0 unspecified atom stereocenters. The maximum atomic E-state index is 12.7. The van der Waals surface area contributed by atoms with Crippen molar-refractivity contribution in [1.82, 2.24) is 4.98 Å². The largest absolute Gasteiger partial charge is 0.350 e. The van der Waals surface area contributed by atoms with Gasteiger partial charge < -0.3 is 4.98 Å². The Balaban J connectivity index is 1.96. The molecule has 1 N–H and O–H groups in total. The van der Waals surface area contributed by atoms with Crippen LogP contribution in [0.5, 0.6) is 0 Å². The second-order valence-electron chi connectivity index (χ2n) is 5.32. The van der Waals surface area contributed by atoms with E-state index >= 15 is 0 Å². The fourth-order valence-corrected chi connectivity index (χ4v) is 3.06. The lowest BCUT2D eigenvalue weighted by Gasteiger charge is -2.13. The number of carbonyl (C=O) groups excluding carboxylic acids is 2. The molecule has 7 heteroatoms. The van der Waals surface area contributed by atoms with E-state index in [1.807, 2.05) is 0 Å². The van der Waals surface area contributed by atoms with Crippen molar-refractivity contribution in [2.24, 2.45) is 0 Å². The van der Waals surface area contributed by atoms with Crippen molar-refractivity contribution in [1.29, 1.82) is 0 Å². The molecule has 1 aliphatic heterocycles. The second-order valence-corrected chi connectivity index (χ2v) is 6.19. The summed E-state index contributed by atoms with van der Waals surface area (Å²) in [5, 5.41) is 1.12. The highest BCUT2D eigenvalue weighted by molar-refractivity contribution is 6.35. The Hall–Kier alpha value is -2.63. The average Bonchev–Trinajstić information content (AvgIpc) is 2.81. The van der Waals surface area contributed by atoms with Crippen LogP contribution in [0.4, 0.5) is 5.69 Å². The summed E-state index contributed by atoms with van der Waals surface area (Å²) in [5.74, 6) is -1.24. The third-order valence-corrected chi connectivity index (χ3v) is 4.37. The number of imide groups is 1. The van der Waals surface area contributed by atoms with Crippen molar-refractivity contribution >= 4 is 51.6 Å². The molecule has 24 heavy (non-hydrogen) atoms. The number of pyridine rings is 1. The number of fused-ring (bicyclic) bond motifs is 2. The topological polar surface area (TPSA) is 70.2 Å². The van der Waals surface area contributed by atoms with Gasteiger partial charge >= 0.3 is 0 Å². The van der Waals surface area contributed by atoms with Gasteiger partial charge in [0.1, 0.15) is 11.3 Å². The van der Waals surface area contributed by atoms with Gasteiger partial charge in [0.15, 0.2) is 0 Å². The van der Waals surface area contributed by atoms with Crippen LogP contribution in [0.25, 0.3) is 10.9 Å². The van der Waals surface area contributed by atoms with Crippen LogP contribution in [0.2, 0.25) is 10.0 Å². The SMILES string of the molecule is O=C1c2[nH]c3ccc(Cl)cc3c(=O)c2C(=O)N1c1ccc(Cl)cc1. The lowest BCUT2D eigenvalue weighted by Crippen LogP contribution is -2.30. The molecule has 2 heterocycles. The lowest BCUT2D eigenvalue weighted by atomic mass is 10.1. The third kappa shape index (κ3) is 2.06. The second kappa shape index (κ2) is 5.19. The van der Waals surface area contributed by atoms with Gasteiger partial charge in [-0.3, -0.25) is 14.4 Å². The zero-order valence-electron chi connectivity index (χ0n) is 12.0. The van der Waals surface area contributed by atoms with Crippen LogP contribution in [0.1, 0.15) is 20.8 Å². The first-order chi connectivity index (χ1) is 11.5. The smallest absolute Gasteiger partial charge is 0.282 e. The van der Waals surface area contributed by atoms with Gasteiger partial charge in [-0.15, -0.1) is 0 Å². The summed E-state index contributed by atoms with van der Waals surface area (Å²) in [6, 6.07) is 10.9. The normalized spacial score (nSPS) is 13.7. The molecule has 0 fully saturated rings. The van der Waals surface area contributed by atoms with E-state index in [2.05, 4.69) is 4.98 Å². The van der Waals surface area contributed by atoms with Crippen molar-refractivity contribution in [3.05, 3.63) is 74.0 Å². The molecular formula is C17H8Cl2N2O3. The third-order valence-electron chi connectivity index (χ3n) is 3.88. The molecule has 5 nitrogen and oxygen atoms in total. The zero-order chi connectivity index (χ0) is 17.0. The number of H-pyrrole nitrogens is 1. The number of rotatable bonds is 1. The minimum absolute atomic E-state index is 0.0187. The fraction of sp³-hybridized carbons (Fsp3) is 0. The van der Waals surface area contributed by atoms with E-state index in [9.17, 15) is 14.4 Å². The van der Waals surface area contributed by atoms with Crippen molar-refractivity contribution in [2.75, 3.05) is 4.90 Å². The number of aromatic amines is 1. The summed E-state index contributed by atoms with van der Waals surface area (Å²) >= 11 is 11.8. The van der Waals surface area contributed by atoms with E-state index in [4.69, 9.17) is 23.2 Å². The van der Waals surface area contributed by atoms with Gasteiger partial charge in [-0.2, -0.15) is 0 Å². The Kier molecular flexibility index (Phi) is 3.23. The van der Waals surface area contributed by atoms with Gasteiger partial charge in [-0.05, 0) is 42.5 Å². The first-order valence-electron chi connectivity index (χ1n) is 6.97. The zero-order valence-corrected chi connectivity index (χ0v) is 13.5. The molecule has 1 aliphatic rings. The standard InChI is InChI=1S/C17H8Cl2N2O3/c18-8-1-4-10(5-2-8)21-16(23)13-14(17(21)24)20-12-6-3-9(19)7-11(12)15(13)22/h1-7H,(H,20,22). The molecule has 0 radical (unpaired) electrons. The van der Waals surface area contributed by atoms with Crippen molar-refractivity contribution in [3.8, 4) is 0 Å². The van der Waals surface area contributed by atoms with Crippen molar-refractivity contribution < 1.29 is 9.59 Å². The molecular weight excluding hydrogens is 351 g/mol. The van der Waals surface area contributed by atoms with Gasteiger partial charge in [-0.1, -0.05) is 23.2 Å². The Bertz CT molecular complexity index is 1090. The summed E-state index contributed by atoms with van der Waals surface area (Å²) in [6.07, 6.45) is 0. The highest BCUT2D eigenvalue weighted by atomic mass is 35.5. The molecule has 0 aliphatic carbocycles. The highest BCUT2D eigenvalue weighted by Gasteiger charge is 2.40. The van der Waals surface area contributed by atoms with E-state index < -0.39 is 17.2 Å². The Morgan fingerprint density at radius 2 is 1.50 bits per heavy atom. The van der Waals surface area contributed by atoms with Crippen LogP contribution in [-0.4, -0.2) is 16.8 Å². The van der Waals surface area contributed by atoms with Crippen molar-refractivity contribution in [2.45, 2.75) is 0 Å². The van der Waals surface area contributed by atoms with Crippen LogP contribution < -0.4 is 10.3 Å². The highest BCUT2D eigenvalue weighted by Crippen LogP contribution is 2.28. The summed E-state index contributed by atoms with van der Waals surface area (Å²) in [5.41, 5.74) is 0.0818. The maximum Gasteiger partial charge on any atom is 0.282 e. The van der Waals surface area contributed by atoms with E-state index in [0.717, 1.165) is 4.90 Å². The van der Waals surface area contributed by atoms with Crippen LogP contribution in [0.15, 0.2) is 47.3 Å². The average molecular weight is 359 g/mol. The monoisotopic (exact) mass is 358 g/mol. The van der Waals surface area contributed by atoms with E-state index in [1.165, 1.54) is 6.07 Å². The number of benzene rings is 2. The van der Waals surface area contributed by atoms with Crippen LogP contribution in [-0.2, 0) is 0 Å². The Morgan fingerprint density at radius 3 is 2.21 bits per heavy atom. The van der Waals surface area contributed by atoms with E-state index in [-0.39, 0.29) is 16.6 Å². The predicted octanol–water partition coefficient (Wildman–Crippen LogP) is 3.64. The number of halogens is 2. The number of hydrogen-bond donors (Lipinski definition) is 1. The molecule has 3 aromatic rings. The molecule has 0 saturated heterocycles. The van der Waals surface area contributed by atoms with Gasteiger partial charge in [0.2, 0.25) is 5.43 Å². The lowest BCUT2D eigenvalue weighted by molar-refractivity contribution is 0.0924. The van der Waals surface area contributed by atoms with E-state index in [1.54, 1.807) is 36.4 Å². The van der Waals surface area contributed by atoms with Crippen LogP contribution >= 0.6 is 23.2 Å². The number of nitrogens with one attached hydrogen (secondary N) is 1. The molecule has 2 aromatic carbocycles. The maximum absolute atomic E-state index is 12.7. The quantitative estimate of drug-likeness (QED) is 0.675. The Labute approximate surface area is 145 Å². The summed E-state index contributed by atoms with van der Waals surface area (Å²) < 4.78 is 0. The fourth-order valence-electron chi connectivity index (χ4n) is 2.76. The number of anilines is 1. The van der Waals surface area contributed by atoms with Crippen molar-refractivity contribution in [3.63, 3.8) is 0 Å². The Morgan fingerprint density at radius 1 is 0.833 bits per heavy atom. The minimum atomic E-state index is -0.666. The minimum Gasteiger partial charge on any atom is -0.350 e. The van der Waals surface area contributed by atoms with Crippen LogP contribution in [0, 0.1) is 0 Å². The molecule has 0 saturated carbocycles.